The summed E-state index contributed by atoms with van der Waals surface area (Å²) in [5.41, 5.74) is 1.01. The number of phenols is 1. The van der Waals surface area contributed by atoms with Gasteiger partial charge in [0, 0.05) is 21.5 Å². The Morgan fingerprint density at radius 3 is 2.90 bits per heavy atom. The first-order chi connectivity index (χ1) is 13.9. The second-order valence-electron chi connectivity index (χ2n) is 9.53. The molecule has 5 rings (SSSR count). The molecule has 0 saturated heterocycles. The van der Waals surface area contributed by atoms with E-state index in [1.165, 1.54) is 25.7 Å². The second kappa shape index (κ2) is 8.14. The van der Waals surface area contributed by atoms with Gasteiger partial charge in [0.2, 0.25) is 0 Å². The molecule has 0 unspecified atom stereocenters. The van der Waals surface area contributed by atoms with Crippen molar-refractivity contribution in [3.05, 3.63) is 41.3 Å². The fourth-order valence-electron chi connectivity index (χ4n) is 5.50. The van der Waals surface area contributed by atoms with Gasteiger partial charge in [0.25, 0.3) is 5.91 Å². The zero-order valence-electron chi connectivity index (χ0n) is 17.8. The summed E-state index contributed by atoms with van der Waals surface area (Å²) < 4.78 is 1.04. The highest BCUT2D eigenvalue weighted by Crippen LogP contribution is 2.61. The zero-order chi connectivity index (χ0) is 20.6. The van der Waals surface area contributed by atoms with Crippen LogP contribution in [0.15, 0.2) is 35.7 Å². The quantitative estimate of drug-likeness (QED) is 0.402. The van der Waals surface area contributed by atoms with Gasteiger partial charge in [-0.3, -0.25) is 4.79 Å². The van der Waals surface area contributed by atoms with Crippen LogP contribution >= 0.6 is 11.3 Å². The van der Waals surface area contributed by atoms with Gasteiger partial charge in [-0.1, -0.05) is 45.8 Å². The topological polar surface area (TPSA) is 49.3 Å². The molecular formula is C25H33NO2S. The number of phenolic OH excluding ortho intramolecular Hbond substituents is 1. The third-order valence-electron chi connectivity index (χ3n) is 7.50. The van der Waals surface area contributed by atoms with Crippen molar-refractivity contribution in [1.29, 1.82) is 0 Å². The number of aromatic hydroxyl groups is 1. The number of hydrogen-bond donors (Lipinski definition) is 2. The van der Waals surface area contributed by atoms with Crippen LogP contribution in [0.3, 0.4) is 0 Å². The summed E-state index contributed by atoms with van der Waals surface area (Å²) in [7, 11) is 0. The maximum Gasteiger partial charge on any atom is 0.252 e. The SMILES string of the molecule is CCCC/C=C\C[C@H]1C[C@H]2C[C@@H]([C@@H]1NC(=O)c1csc3ccc(O)cc13)C2(C)C. The number of amides is 1. The summed E-state index contributed by atoms with van der Waals surface area (Å²) in [5.74, 6) is 2.08. The van der Waals surface area contributed by atoms with E-state index in [-0.39, 0.29) is 17.7 Å². The number of hydrogen-bond acceptors (Lipinski definition) is 3. The standard InChI is InChI=1S/C25H33NO2S/c1-4-5-6-7-8-9-16-12-17-13-21(25(17,2)3)23(16)26-24(28)20-15-29-22-11-10-18(27)14-19(20)22/h7-8,10-11,14-17,21,23,27H,4-6,9,12-13H2,1-3H3,(H,26,28)/b8-7-/t16-,17-,21-,23+/m0/s1. The molecule has 2 bridgehead atoms. The Morgan fingerprint density at radius 2 is 2.14 bits per heavy atom. The third-order valence-corrected chi connectivity index (χ3v) is 8.47. The first kappa shape index (κ1) is 20.5. The van der Waals surface area contributed by atoms with Gasteiger partial charge in [-0.25, -0.2) is 0 Å². The molecule has 3 nitrogen and oxygen atoms in total. The molecule has 1 heterocycles. The van der Waals surface area contributed by atoms with Gasteiger partial charge in [-0.15, -0.1) is 11.3 Å². The van der Waals surface area contributed by atoms with Crippen LogP contribution in [-0.2, 0) is 0 Å². The van der Waals surface area contributed by atoms with Gasteiger partial charge in [0.15, 0.2) is 0 Å². The maximum absolute atomic E-state index is 13.2. The number of nitrogens with one attached hydrogen (secondary N) is 1. The van der Waals surface area contributed by atoms with Gasteiger partial charge < -0.3 is 10.4 Å². The average Bonchev–Trinajstić information content (AvgIpc) is 3.11. The first-order valence-corrected chi connectivity index (χ1v) is 12.0. The smallest absolute Gasteiger partial charge is 0.252 e. The van der Waals surface area contributed by atoms with E-state index >= 15 is 0 Å². The Bertz CT molecular complexity index is 913. The van der Waals surface area contributed by atoms with Gasteiger partial charge in [-0.05, 0) is 67.1 Å². The lowest BCUT2D eigenvalue weighted by atomic mass is 9.44. The highest BCUT2D eigenvalue weighted by molar-refractivity contribution is 7.17. The number of thiophene rings is 1. The number of allylic oxidation sites excluding steroid dienone is 2. The fourth-order valence-corrected chi connectivity index (χ4v) is 6.42. The van der Waals surface area contributed by atoms with Crippen LogP contribution in [0.25, 0.3) is 10.1 Å². The monoisotopic (exact) mass is 411 g/mol. The van der Waals surface area contributed by atoms with E-state index in [1.54, 1.807) is 23.5 Å². The molecular weight excluding hydrogens is 378 g/mol. The van der Waals surface area contributed by atoms with Crippen LogP contribution in [0, 0.1) is 23.2 Å². The molecule has 0 spiro atoms. The van der Waals surface area contributed by atoms with Crippen molar-refractivity contribution in [3.8, 4) is 5.75 Å². The van der Waals surface area contributed by atoms with Crippen LogP contribution < -0.4 is 5.32 Å². The Balaban J connectivity index is 1.52. The maximum atomic E-state index is 13.2. The molecule has 0 radical (unpaired) electrons. The van der Waals surface area contributed by atoms with Gasteiger partial charge in [-0.2, -0.15) is 0 Å². The normalized spacial score (nSPS) is 27.8. The minimum atomic E-state index is 0.00737. The van der Waals surface area contributed by atoms with E-state index in [4.69, 9.17) is 0 Å². The van der Waals surface area contributed by atoms with E-state index in [2.05, 4.69) is 38.2 Å². The van der Waals surface area contributed by atoms with Crippen LogP contribution in [0.5, 0.6) is 5.75 Å². The predicted octanol–water partition coefficient (Wildman–Crippen LogP) is 6.52. The number of rotatable bonds is 7. The van der Waals surface area contributed by atoms with E-state index < -0.39 is 0 Å². The minimum Gasteiger partial charge on any atom is -0.508 e. The van der Waals surface area contributed by atoms with Crippen molar-refractivity contribution in [2.24, 2.45) is 23.2 Å². The van der Waals surface area contributed by atoms with Gasteiger partial charge >= 0.3 is 0 Å². The molecule has 29 heavy (non-hydrogen) atoms. The van der Waals surface area contributed by atoms with Crippen molar-refractivity contribution >= 4 is 27.3 Å². The van der Waals surface area contributed by atoms with E-state index in [1.807, 2.05) is 11.4 Å². The molecule has 3 saturated carbocycles. The molecule has 4 atom stereocenters. The predicted molar refractivity (Wildman–Crippen MR) is 122 cm³/mol. The lowest BCUT2D eigenvalue weighted by Gasteiger charge is -2.62. The Labute approximate surface area is 178 Å². The molecule has 2 aromatic rings. The van der Waals surface area contributed by atoms with Crippen molar-refractivity contribution in [2.45, 2.75) is 65.3 Å². The van der Waals surface area contributed by atoms with Crippen LogP contribution in [0.4, 0.5) is 0 Å². The number of unbranched alkanes of at least 4 members (excludes halogenated alkanes) is 2. The number of benzene rings is 1. The third kappa shape index (κ3) is 3.84. The lowest BCUT2D eigenvalue weighted by Crippen LogP contribution is -2.63. The van der Waals surface area contributed by atoms with Crippen LogP contribution in [0.1, 0.15) is 69.7 Å². The second-order valence-corrected chi connectivity index (χ2v) is 10.4. The molecule has 1 aromatic carbocycles. The molecule has 1 amide bonds. The molecule has 3 aliphatic rings. The minimum absolute atomic E-state index is 0.00737. The number of carbonyl (C=O) groups excluding carboxylic acids is 1. The molecule has 3 fully saturated rings. The molecule has 3 aliphatic carbocycles. The van der Waals surface area contributed by atoms with Crippen molar-refractivity contribution in [1.82, 2.24) is 5.32 Å². The number of fused-ring (bicyclic) bond motifs is 3. The van der Waals surface area contributed by atoms with Crippen LogP contribution in [0.2, 0.25) is 0 Å². The molecule has 0 aliphatic heterocycles. The summed E-state index contributed by atoms with van der Waals surface area (Å²) in [4.78, 5) is 13.2. The molecule has 4 heteroatoms. The van der Waals surface area contributed by atoms with Crippen molar-refractivity contribution in [2.75, 3.05) is 0 Å². The zero-order valence-corrected chi connectivity index (χ0v) is 18.6. The van der Waals surface area contributed by atoms with E-state index in [9.17, 15) is 9.90 Å². The molecule has 1 aromatic heterocycles. The summed E-state index contributed by atoms with van der Waals surface area (Å²) in [6.45, 7) is 6.97. The first-order valence-electron chi connectivity index (χ1n) is 11.1. The molecule has 156 valence electrons. The fraction of sp³-hybridized carbons (Fsp3) is 0.560. The van der Waals surface area contributed by atoms with E-state index in [0.29, 0.717) is 22.8 Å². The Kier molecular flexibility index (Phi) is 5.74. The van der Waals surface area contributed by atoms with Gasteiger partial charge in [0.1, 0.15) is 5.75 Å². The van der Waals surface area contributed by atoms with Crippen LogP contribution in [-0.4, -0.2) is 17.1 Å². The lowest BCUT2D eigenvalue weighted by molar-refractivity contribution is -0.110. The largest absolute Gasteiger partial charge is 0.508 e. The van der Waals surface area contributed by atoms with Crippen molar-refractivity contribution < 1.29 is 9.90 Å². The highest BCUT2D eigenvalue weighted by atomic mass is 32.1. The highest BCUT2D eigenvalue weighted by Gasteiger charge is 2.57. The summed E-state index contributed by atoms with van der Waals surface area (Å²) in [6, 6.07) is 5.50. The Morgan fingerprint density at radius 1 is 1.31 bits per heavy atom. The van der Waals surface area contributed by atoms with Gasteiger partial charge in [0.05, 0.1) is 5.56 Å². The van der Waals surface area contributed by atoms with E-state index in [0.717, 1.165) is 28.8 Å². The Hall–Kier alpha value is -1.81. The van der Waals surface area contributed by atoms with Crippen molar-refractivity contribution in [3.63, 3.8) is 0 Å². The summed E-state index contributed by atoms with van der Waals surface area (Å²) in [6.07, 6.45) is 11.8. The summed E-state index contributed by atoms with van der Waals surface area (Å²) in [5, 5.41) is 16.1. The molecule has 2 N–H and O–H groups in total. The number of carbonyl (C=O) groups is 1. The summed E-state index contributed by atoms with van der Waals surface area (Å²) >= 11 is 1.56. The average molecular weight is 412 g/mol.